The fraction of sp³-hybridized carbons (Fsp3) is 0.400. The Hall–Kier alpha value is -4.20. The summed E-state index contributed by atoms with van der Waals surface area (Å²) in [5.74, 6) is 1.35. The maximum absolute atomic E-state index is 13.4. The summed E-state index contributed by atoms with van der Waals surface area (Å²) < 4.78 is 20.7. The highest BCUT2D eigenvalue weighted by Gasteiger charge is 2.31. The third kappa shape index (κ3) is 7.13. The first-order chi connectivity index (χ1) is 23.2. The van der Waals surface area contributed by atoms with Crippen molar-refractivity contribution in [3.8, 4) is 22.5 Å². The Morgan fingerprint density at radius 2 is 1.71 bits per heavy atom. The summed E-state index contributed by atoms with van der Waals surface area (Å²) in [7, 11) is 3.00. The fourth-order valence-electron chi connectivity index (χ4n) is 5.89. The van der Waals surface area contributed by atoms with E-state index in [1.54, 1.807) is 23.7 Å². The summed E-state index contributed by atoms with van der Waals surface area (Å²) in [4.78, 5) is 4.64. The molecule has 2 unspecified atom stereocenters. The van der Waals surface area contributed by atoms with Crippen molar-refractivity contribution in [2.75, 3.05) is 20.8 Å². The van der Waals surface area contributed by atoms with Crippen LogP contribution in [0.25, 0.3) is 22.5 Å². The molecule has 0 aliphatic rings. The van der Waals surface area contributed by atoms with Crippen molar-refractivity contribution in [2.45, 2.75) is 72.1 Å². The molecule has 3 aromatic heterocycles. The molecular formula is C35H42ClN7O5. The number of nitrogens with zero attached hydrogens (tertiary/aromatic N) is 7. The molecule has 0 aliphatic heterocycles. The smallest absolute Gasteiger partial charge is 0.227 e. The lowest BCUT2D eigenvalue weighted by Gasteiger charge is -2.20. The van der Waals surface area contributed by atoms with E-state index in [1.165, 1.54) is 14.2 Å². The second kappa shape index (κ2) is 15.8. The topological polar surface area (TPSA) is 136 Å². The lowest BCUT2D eigenvalue weighted by atomic mass is 9.98. The molecule has 254 valence electrons. The molecule has 12 nitrogen and oxygen atoms in total. The summed E-state index contributed by atoms with van der Waals surface area (Å²) in [6.45, 7) is 8.54. The number of hydrogen-bond acceptors (Lipinski definition) is 9. The van der Waals surface area contributed by atoms with Gasteiger partial charge in [0.25, 0.3) is 0 Å². The maximum Gasteiger partial charge on any atom is 0.227 e. The van der Waals surface area contributed by atoms with E-state index in [0.717, 1.165) is 40.9 Å². The number of pyridine rings is 1. The number of ether oxygens (including phenoxy) is 3. The van der Waals surface area contributed by atoms with Gasteiger partial charge in [0.1, 0.15) is 5.82 Å². The van der Waals surface area contributed by atoms with Gasteiger partial charge in [-0.2, -0.15) is 9.41 Å². The van der Waals surface area contributed by atoms with E-state index >= 15 is 0 Å². The van der Waals surface area contributed by atoms with Gasteiger partial charge < -0.3 is 29.1 Å². The number of rotatable bonds is 15. The molecule has 0 aliphatic carbocycles. The van der Waals surface area contributed by atoms with Crippen LogP contribution in [0.3, 0.4) is 0 Å². The number of aliphatic hydroxyl groups is 1. The third-order valence-corrected chi connectivity index (χ3v) is 8.70. The van der Waals surface area contributed by atoms with Crippen LogP contribution in [0.4, 0.5) is 0 Å². The molecule has 1 N–H and O–H groups in total. The van der Waals surface area contributed by atoms with Crippen LogP contribution in [-0.4, -0.2) is 55.7 Å². The van der Waals surface area contributed by atoms with Gasteiger partial charge in [0.2, 0.25) is 5.69 Å². The maximum atomic E-state index is 13.4. The van der Waals surface area contributed by atoms with Crippen molar-refractivity contribution in [3.63, 3.8) is 0 Å². The highest BCUT2D eigenvalue weighted by molar-refractivity contribution is 6.30. The summed E-state index contributed by atoms with van der Waals surface area (Å²) in [5.41, 5.74) is 5.20. The third-order valence-electron chi connectivity index (χ3n) is 8.43. The first-order valence-electron chi connectivity index (χ1n) is 16.0. The quantitative estimate of drug-likeness (QED) is 0.0791. The van der Waals surface area contributed by atoms with Crippen molar-refractivity contribution >= 4 is 11.6 Å². The first-order valence-corrected chi connectivity index (χ1v) is 16.4. The minimum absolute atomic E-state index is 0.125. The van der Waals surface area contributed by atoms with Gasteiger partial charge in [-0.3, -0.25) is 0 Å². The number of benzene rings is 2. The number of methoxy groups -OCH3 is 2. The van der Waals surface area contributed by atoms with Gasteiger partial charge in [0.15, 0.2) is 35.3 Å². The lowest BCUT2D eigenvalue weighted by Crippen LogP contribution is -2.39. The molecule has 5 aromatic rings. The van der Waals surface area contributed by atoms with Crippen molar-refractivity contribution in [2.24, 2.45) is 0 Å². The van der Waals surface area contributed by atoms with E-state index < -0.39 is 12.4 Å². The standard InChI is InChI=1S/C35H42ClN7O5/c1-7-9-14-30-37-33(36)31(32(44)29-20-19-26(22(3)43(29)45)35(46-5)47-6)41(30)21-24-15-17-25(18-16-24)27-12-10-11-13-28(27)34-38-39-40-42(34)23(4)48-8-2/h10-13,15-20,23,32,35,44H,7-9,14,21H2,1-6H3. The van der Waals surface area contributed by atoms with E-state index in [2.05, 4.69) is 27.4 Å². The molecule has 48 heavy (non-hydrogen) atoms. The zero-order valence-electron chi connectivity index (χ0n) is 28.1. The predicted octanol–water partition coefficient (Wildman–Crippen LogP) is 6.12. The van der Waals surface area contributed by atoms with Crippen LogP contribution in [0.2, 0.25) is 5.15 Å². The molecule has 0 radical (unpaired) electrons. The number of halogens is 1. The van der Waals surface area contributed by atoms with Gasteiger partial charge in [0, 0.05) is 52.3 Å². The van der Waals surface area contributed by atoms with Crippen LogP contribution in [0, 0.1) is 12.1 Å². The minimum Gasteiger partial charge on any atom is -0.618 e. The Kier molecular flexibility index (Phi) is 11.6. The van der Waals surface area contributed by atoms with E-state index in [0.29, 0.717) is 47.1 Å². The largest absolute Gasteiger partial charge is 0.618 e. The second-order valence-corrected chi connectivity index (χ2v) is 11.8. The molecule has 2 aromatic carbocycles. The van der Waals surface area contributed by atoms with E-state index in [-0.39, 0.29) is 17.1 Å². The minimum atomic E-state index is -1.33. The molecule has 0 fully saturated rings. The Morgan fingerprint density at radius 1 is 1.00 bits per heavy atom. The van der Waals surface area contributed by atoms with E-state index in [4.69, 9.17) is 25.8 Å². The fourth-order valence-corrected chi connectivity index (χ4v) is 6.19. The molecule has 2 atom stereocenters. The summed E-state index contributed by atoms with van der Waals surface area (Å²) in [5, 5.41) is 37.7. The number of aryl methyl sites for hydroxylation is 1. The SMILES string of the molecule is CCCCc1nc(Cl)c(C(O)c2ccc(C(OC)OC)c(C)[n+]2[O-])n1Cc1ccc(-c2ccccc2-c2nnnn2C(C)OCC)cc1. The van der Waals surface area contributed by atoms with Gasteiger partial charge in [-0.1, -0.05) is 73.5 Å². The predicted molar refractivity (Wildman–Crippen MR) is 181 cm³/mol. The zero-order chi connectivity index (χ0) is 34.4. The number of aromatic nitrogens is 7. The van der Waals surface area contributed by atoms with Crippen LogP contribution < -0.4 is 4.73 Å². The van der Waals surface area contributed by atoms with Gasteiger partial charge in [-0.15, -0.1) is 5.10 Å². The Morgan fingerprint density at radius 3 is 2.38 bits per heavy atom. The number of aliphatic hydroxyl groups excluding tert-OH is 1. The average molecular weight is 676 g/mol. The molecule has 0 spiro atoms. The number of hydrogen-bond donors (Lipinski definition) is 1. The van der Waals surface area contributed by atoms with Gasteiger partial charge in [-0.05, 0) is 53.5 Å². The summed E-state index contributed by atoms with van der Waals surface area (Å²) in [6, 6.07) is 19.4. The molecule has 13 heteroatoms. The highest BCUT2D eigenvalue weighted by atomic mass is 35.5. The molecular weight excluding hydrogens is 634 g/mol. The van der Waals surface area contributed by atoms with Crippen LogP contribution in [0.15, 0.2) is 60.7 Å². The molecule has 0 amide bonds. The molecule has 5 rings (SSSR count). The molecule has 0 saturated heterocycles. The number of tetrazole rings is 1. The van der Waals surface area contributed by atoms with E-state index in [1.807, 2.05) is 66.9 Å². The highest BCUT2D eigenvalue weighted by Crippen LogP contribution is 2.34. The molecule has 3 heterocycles. The monoisotopic (exact) mass is 675 g/mol. The van der Waals surface area contributed by atoms with Gasteiger partial charge in [0.05, 0.1) is 11.3 Å². The van der Waals surface area contributed by atoms with Gasteiger partial charge >= 0.3 is 0 Å². The second-order valence-electron chi connectivity index (χ2n) is 11.4. The van der Waals surface area contributed by atoms with Gasteiger partial charge in [-0.25, -0.2) is 4.98 Å². The van der Waals surface area contributed by atoms with Crippen LogP contribution in [-0.2, 0) is 27.2 Å². The van der Waals surface area contributed by atoms with Crippen molar-refractivity contribution in [1.82, 2.24) is 29.8 Å². The zero-order valence-corrected chi connectivity index (χ0v) is 28.9. The lowest BCUT2D eigenvalue weighted by molar-refractivity contribution is -0.625. The Bertz CT molecular complexity index is 1820. The van der Waals surface area contributed by atoms with Crippen LogP contribution in [0.1, 0.15) is 86.3 Å². The van der Waals surface area contributed by atoms with Crippen molar-refractivity contribution in [3.05, 3.63) is 105 Å². The normalized spacial score (nSPS) is 12.9. The molecule has 0 saturated carbocycles. The van der Waals surface area contributed by atoms with Crippen LogP contribution in [0.5, 0.6) is 0 Å². The number of unbranched alkanes of at least 4 members (excludes halogenated alkanes) is 1. The molecule has 0 bridgehead atoms. The van der Waals surface area contributed by atoms with Crippen LogP contribution >= 0.6 is 11.6 Å². The Labute approximate surface area is 285 Å². The Balaban J connectivity index is 1.49. The number of imidazole rings is 1. The van der Waals surface area contributed by atoms with Crippen molar-refractivity contribution in [1.29, 1.82) is 0 Å². The first kappa shape index (κ1) is 35.1. The summed E-state index contributed by atoms with van der Waals surface area (Å²) in [6.07, 6.45) is 0.159. The van der Waals surface area contributed by atoms with Crippen molar-refractivity contribution < 1.29 is 24.0 Å². The summed E-state index contributed by atoms with van der Waals surface area (Å²) >= 11 is 6.71. The average Bonchev–Trinajstić information content (AvgIpc) is 3.71. The van der Waals surface area contributed by atoms with E-state index in [9.17, 15) is 10.3 Å².